The Morgan fingerprint density at radius 1 is 1.08 bits per heavy atom. The molecule has 3 rings (SSSR count). The minimum absolute atomic E-state index is 0.0492. The van der Waals surface area contributed by atoms with Crippen molar-refractivity contribution in [3.63, 3.8) is 0 Å². The summed E-state index contributed by atoms with van der Waals surface area (Å²) in [5.41, 5.74) is 0. The average Bonchev–Trinajstić information content (AvgIpc) is 2.86. The molecule has 132 valence electrons. The summed E-state index contributed by atoms with van der Waals surface area (Å²) in [4.78, 5) is 22.4. The Bertz CT molecular complexity index is 524. The molecule has 2 heterocycles. The summed E-state index contributed by atoms with van der Waals surface area (Å²) < 4.78 is 5.77. The van der Waals surface area contributed by atoms with Gasteiger partial charge in [0.25, 0.3) is 0 Å². The van der Waals surface area contributed by atoms with Crippen LogP contribution in [0.1, 0.15) is 51.4 Å². The largest absolute Gasteiger partial charge is 0.460 e. The van der Waals surface area contributed by atoms with Gasteiger partial charge in [-0.1, -0.05) is 37.3 Å². The van der Waals surface area contributed by atoms with Gasteiger partial charge in [0.1, 0.15) is 6.10 Å². The molecule has 2 aliphatic rings. The average molecular weight is 353 g/mol. The predicted molar refractivity (Wildman–Crippen MR) is 92.3 cm³/mol. The number of likely N-dealkylation sites (tertiary alicyclic amines) is 1. The first kappa shape index (κ1) is 17.3. The number of hydrogen-bond donors (Lipinski definition) is 1. The number of urea groups is 1. The van der Waals surface area contributed by atoms with E-state index >= 15 is 0 Å². The van der Waals surface area contributed by atoms with Crippen LogP contribution >= 0.6 is 11.6 Å². The standard InChI is InChI=1S/C17H25ClN4O2/c18-13-11-19-16(20-12-13)24-15-7-9-22(10-8-15)17(23)21-14-5-3-1-2-4-6-14/h11-12,14-15H,1-10H2,(H,21,23). The van der Waals surface area contributed by atoms with E-state index in [0.717, 1.165) is 25.7 Å². The summed E-state index contributed by atoms with van der Waals surface area (Å²) in [5, 5.41) is 3.70. The van der Waals surface area contributed by atoms with Gasteiger partial charge < -0.3 is 15.0 Å². The molecule has 7 heteroatoms. The molecule has 1 saturated carbocycles. The van der Waals surface area contributed by atoms with E-state index in [-0.39, 0.29) is 12.1 Å². The van der Waals surface area contributed by atoms with Crippen molar-refractivity contribution in [2.45, 2.75) is 63.5 Å². The van der Waals surface area contributed by atoms with E-state index in [1.807, 2.05) is 4.90 Å². The third-order valence-corrected chi connectivity index (χ3v) is 4.98. The second-order valence-electron chi connectivity index (χ2n) is 6.63. The van der Waals surface area contributed by atoms with Gasteiger partial charge in [-0.3, -0.25) is 0 Å². The van der Waals surface area contributed by atoms with E-state index in [2.05, 4.69) is 15.3 Å². The number of ether oxygens (including phenoxy) is 1. The molecule has 2 amide bonds. The number of aromatic nitrogens is 2. The molecule has 24 heavy (non-hydrogen) atoms. The van der Waals surface area contributed by atoms with Crippen LogP contribution in [0.4, 0.5) is 4.79 Å². The summed E-state index contributed by atoms with van der Waals surface area (Å²) in [7, 11) is 0. The molecule has 0 bridgehead atoms. The topological polar surface area (TPSA) is 67.4 Å². The molecule has 1 N–H and O–H groups in total. The van der Waals surface area contributed by atoms with Gasteiger partial charge in [0.2, 0.25) is 0 Å². The van der Waals surface area contributed by atoms with Crippen LogP contribution in [0.2, 0.25) is 5.02 Å². The molecule has 1 aliphatic heterocycles. The van der Waals surface area contributed by atoms with E-state index in [0.29, 0.717) is 30.2 Å². The molecular formula is C17H25ClN4O2. The quantitative estimate of drug-likeness (QED) is 0.846. The zero-order chi connectivity index (χ0) is 16.8. The molecule has 0 atom stereocenters. The van der Waals surface area contributed by atoms with Crippen molar-refractivity contribution in [1.82, 2.24) is 20.2 Å². The van der Waals surface area contributed by atoms with Crippen molar-refractivity contribution in [2.75, 3.05) is 13.1 Å². The molecule has 1 aromatic heterocycles. The molecule has 1 aromatic rings. The summed E-state index contributed by atoms with van der Waals surface area (Å²) >= 11 is 5.77. The van der Waals surface area contributed by atoms with Gasteiger partial charge >= 0.3 is 12.0 Å². The Morgan fingerprint density at radius 2 is 1.71 bits per heavy atom. The van der Waals surface area contributed by atoms with Crippen molar-refractivity contribution in [2.24, 2.45) is 0 Å². The van der Waals surface area contributed by atoms with Gasteiger partial charge in [0, 0.05) is 32.0 Å². The zero-order valence-electron chi connectivity index (χ0n) is 13.9. The van der Waals surface area contributed by atoms with Gasteiger partial charge in [0.15, 0.2) is 0 Å². The SMILES string of the molecule is O=C(NC1CCCCCC1)N1CCC(Oc2ncc(Cl)cn2)CC1. The molecule has 6 nitrogen and oxygen atoms in total. The van der Waals surface area contributed by atoms with Gasteiger partial charge in [0.05, 0.1) is 17.4 Å². The van der Waals surface area contributed by atoms with Crippen molar-refractivity contribution < 1.29 is 9.53 Å². The highest BCUT2D eigenvalue weighted by Gasteiger charge is 2.26. The lowest BCUT2D eigenvalue weighted by Gasteiger charge is -2.32. The first-order chi connectivity index (χ1) is 11.7. The van der Waals surface area contributed by atoms with E-state index in [9.17, 15) is 4.79 Å². The van der Waals surface area contributed by atoms with Crippen LogP contribution in [0.5, 0.6) is 6.01 Å². The normalized spacial score (nSPS) is 20.5. The van der Waals surface area contributed by atoms with Gasteiger partial charge in [-0.15, -0.1) is 0 Å². The molecular weight excluding hydrogens is 328 g/mol. The van der Waals surface area contributed by atoms with Gasteiger partial charge in [-0.05, 0) is 12.8 Å². The number of carbonyl (C=O) groups is 1. The number of nitrogens with zero attached hydrogens (tertiary/aromatic N) is 3. The smallest absolute Gasteiger partial charge is 0.317 e. The maximum Gasteiger partial charge on any atom is 0.317 e. The van der Waals surface area contributed by atoms with Crippen LogP contribution in [-0.4, -0.2) is 46.1 Å². The molecule has 1 aliphatic carbocycles. The second kappa shape index (κ2) is 8.51. The molecule has 0 unspecified atom stereocenters. The Labute approximate surface area is 147 Å². The highest BCUT2D eigenvalue weighted by Crippen LogP contribution is 2.19. The molecule has 0 aromatic carbocycles. The third kappa shape index (κ3) is 4.97. The van der Waals surface area contributed by atoms with E-state index in [4.69, 9.17) is 16.3 Å². The lowest BCUT2D eigenvalue weighted by Crippen LogP contribution is -2.49. The van der Waals surface area contributed by atoms with Crippen LogP contribution < -0.4 is 10.1 Å². The maximum atomic E-state index is 12.4. The highest BCUT2D eigenvalue weighted by molar-refractivity contribution is 6.30. The Kier molecular flexibility index (Phi) is 6.12. The Balaban J connectivity index is 1.42. The van der Waals surface area contributed by atoms with Crippen LogP contribution in [0.3, 0.4) is 0 Å². The molecule has 0 radical (unpaired) electrons. The number of amides is 2. The first-order valence-electron chi connectivity index (χ1n) is 8.90. The van der Waals surface area contributed by atoms with Crippen LogP contribution in [0.25, 0.3) is 0 Å². The van der Waals surface area contributed by atoms with Crippen molar-refractivity contribution in [1.29, 1.82) is 0 Å². The van der Waals surface area contributed by atoms with E-state index in [1.165, 1.54) is 38.1 Å². The van der Waals surface area contributed by atoms with Crippen molar-refractivity contribution in [3.8, 4) is 6.01 Å². The van der Waals surface area contributed by atoms with Gasteiger partial charge in [-0.25, -0.2) is 14.8 Å². The van der Waals surface area contributed by atoms with E-state index < -0.39 is 0 Å². The number of rotatable bonds is 3. The number of hydrogen-bond acceptors (Lipinski definition) is 4. The number of carbonyl (C=O) groups excluding carboxylic acids is 1. The fraction of sp³-hybridized carbons (Fsp3) is 0.706. The van der Waals surface area contributed by atoms with Crippen molar-refractivity contribution >= 4 is 17.6 Å². The Morgan fingerprint density at radius 3 is 2.33 bits per heavy atom. The number of halogens is 1. The predicted octanol–water partition coefficient (Wildman–Crippen LogP) is 3.41. The minimum atomic E-state index is 0.0492. The Hall–Kier alpha value is -1.56. The fourth-order valence-corrected chi connectivity index (χ4v) is 3.47. The lowest BCUT2D eigenvalue weighted by atomic mass is 10.1. The van der Waals surface area contributed by atoms with E-state index in [1.54, 1.807) is 0 Å². The summed E-state index contributed by atoms with van der Waals surface area (Å²) in [5.74, 6) is 0. The molecule has 2 fully saturated rings. The number of piperidine rings is 1. The fourth-order valence-electron chi connectivity index (χ4n) is 3.38. The lowest BCUT2D eigenvalue weighted by molar-refractivity contribution is 0.102. The number of nitrogens with one attached hydrogen (secondary N) is 1. The van der Waals surface area contributed by atoms with Crippen LogP contribution in [0.15, 0.2) is 12.4 Å². The van der Waals surface area contributed by atoms with Gasteiger partial charge in [-0.2, -0.15) is 0 Å². The minimum Gasteiger partial charge on any atom is -0.460 e. The summed E-state index contributed by atoms with van der Waals surface area (Å²) in [6.07, 6.45) is 12.0. The van der Waals surface area contributed by atoms with Crippen LogP contribution in [-0.2, 0) is 0 Å². The molecule has 1 saturated heterocycles. The maximum absolute atomic E-state index is 12.4. The van der Waals surface area contributed by atoms with Crippen LogP contribution in [0, 0.1) is 0 Å². The summed E-state index contributed by atoms with van der Waals surface area (Å²) in [6.45, 7) is 1.41. The second-order valence-corrected chi connectivity index (χ2v) is 7.06. The monoisotopic (exact) mass is 352 g/mol. The third-order valence-electron chi connectivity index (χ3n) is 4.78. The molecule has 0 spiro atoms. The first-order valence-corrected chi connectivity index (χ1v) is 9.28. The highest BCUT2D eigenvalue weighted by atomic mass is 35.5. The van der Waals surface area contributed by atoms with Crippen molar-refractivity contribution in [3.05, 3.63) is 17.4 Å². The zero-order valence-corrected chi connectivity index (χ0v) is 14.7. The summed E-state index contributed by atoms with van der Waals surface area (Å²) in [6, 6.07) is 0.764.